The standard InChI is InChI=1S/C15H27N3O4S/c1-2-18(13-8-9-23(21,22)11-13)14(19)10-16-15(20)17-12-6-4-3-5-7-12/h12-13H,2-11H2,1H3,(H2,16,17,20). The summed E-state index contributed by atoms with van der Waals surface area (Å²) in [6.45, 7) is 2.18. The average Bonchev–Trinajstić information content (AvgIpc) is 2.87. The van der Waals surface area contributed by atoms with E-state index in [0.717, 1.165) is 25.7 Å². The van der Waals surface area contributed by atoms with Crippen molar-refractivity contribution in [3.8, 4) is 0 Å². The van der Waals surface area contributed by atoms with Crippen LogP contribution in [0.25, 0.3) is 0 Å². The summed E-state index contributed by atoms with van der Waals surface area (Å²) in [5.74, 6) is -0.0638. The number of nitrogens with zero attached hydrogens (tertiary/aromatic N) is 1. The molecule has 1 unspecified atom stereocenters. The van der Waals surface area contributed by atoms with Gasteiger partial charge in [-0.15, -0.1) is 0 Å². The topological polar surface area (TPSA) is 95.6 Å². The summed E-state index contributed by atoms with van der Waals surface area (Å²) < 4.78 is 23.1. The van der Waals surface area contributed by atoms with Crippen LogP contribution in [-0.2, 0) is 14.6 Å². The number of sulfone groups is 1. The highest BCUT2D eigenvalue weighted by atomic mass is 32.2. The van der Waals surface area contributed by atoms with E-state index < -0.39 is 9.84 Å². The molecule has 132 valence electrons. The van der Waals surface area contributed by atoms with Gasteiger partial charge in [0.25, 0.3) is 0 Å². The molecular formula is C15H27N3O4S. The second-order valence-electron chi connectivity index (χ2n) is 6.40. The molecule has 1 saturated heterocycles. The van der Waals surface area contributed by atoms with Crippen LogP contribution >= 0.6 is 0 Å². The van der Waals surface area contributed by atoms with Crippen LogP contribution in [-0.4, -0.2) is 61.9 Å². The zero-order valence-corrected chi connectivity index (χ0v) is 14.5. The zero-order chi connectivity index (χ0) is 16.9. The van der Waals surface area contributed by atoms with Crippen molar-refractivity contribution in [3.63, 3.8) is 0 Å². The van der Waals surface area contributed by atoms with Gasteiger partial charge in [0.05, 0.1) is 18.1 Å². The highest BCUT2D eigenvalue weighted by Gasteiger charge is 2.33. The molecule has 0 bridgehead atoms. The van der Waals surface area contributed by atoms with Crippen LogP contribution in [0.4, 0.5) is 4.79 Å². The maximum atomic E-state index is 12.3. The number of hydrogen-bond acceptors (Lipinski definition) is 4. The van der Waals surface area contributed by atoms with Gasteiger partial charge >= 0.3 is 6.03 Å². The molecule has 1 aliphatic carbocycles. The summed E-state index contributed by atoms with van der Waals surface area (Å²) in [6.07, 6.45) is 5.93. The van der Waals surface area contributed by atoms with Crippen LogP contribution in [0.2, 0.25) is 0 Å². The van der Waals surface area contributed by atoms with Gasteiger partial charge in [-0.3, -0.25) is 4.79 Å². The molecular weight excluding hydrogens is 318 g/mol. The number of amides is 3. The molecule has 1 saturated carbocycles. The van der Waals surface area contributed by atoms with Crippen molar-refractivity contribution in [2.45, 2.75) is 57.5 Å². The second-order valence-corrected chi connectivity index (χ2v) is 8.63. The van der Waals surface area contributed by atoms with Gasteiger partial charge in [0.15, 0.2) is 9.84 Å². The Morgan fingerprint density at radius 2 is 1.83 bits per heavy atom. The molecule has 1 atom stereocenters. The predicted octanol–water partition coefficient (Wildman–Crippen LogP) is 0.654. The molecule has 2 N–H and O–H groups in total. The Balaban J connectivity index is 1.77. The fourth-order valence-electron chi connectivity index (χ4n) is 3.40. The molecule has 8 heteroatoms. The number of carbonyl (C=O) groups is 2. The van der Waals surface area contributed by atoms with E-state index in [4.69, 9.17) is 0 Å². The average molecular weight is 345 g/mol. The van der Waals surface area contributed by atoms with E-state index in [9.17, 15) is 18.0 Å². The lowest BCUT2D eigenvalue weighted by Crippen LogP contribution is -2.49. The summed E-state index contributed by atoms with van der Waals surface area (Å²) in [7, 11) is -3.03. The molecule has 7 nitrogen and oxygen atoms in total. The lowest BCUT2D eigenvalue weighted by Gasteiger charge is -2.27. The molecule has 3 amide bonds. The molecule has 1 aliphatic heterocycles. The van der Waals surface area contributed by atoms with Crippen LogP contribution in [0.3, 0.4) is 0 Å². The molecule has 0 aromatic carbocycles. The Hall–Kier alpha value is -1.31. The molecule has 2 aliphatic rings. The van der Waals surface area contributed by atoms with Crippen LogP contribution in [0.1, 0.15) is 45.4 Å². The molecule has 2 rings (SSSR count). The number of likely N-dealkylation sites (N-methyl/N-ethyl adjacent to an activating group) is 1. The lowest BCUT2D eigenvalue weighted by atomic mass is 9.96. The first-order chi connectivity index (χ1) is 10.9. The van der Waals surface area contributed by atoms with Gasteiger partial charge in [-0.1, -0.05) is 19.3 Å². The van der Waals surface area contributed by atoms with Crippen molar-refractivity contribution >= 4 is 21.8 Å². The maximum Gasteiger partial charge on any atom is 0.315 e. The number of rotatable bonds is 5. The van der Waals surface area contributed by atoms with Crippen molar-refractivity contribution in [1.29, 1.82) is 0 Å². The number of urea groups is 1. The second kappa shape index (κ2) is 7.99. The summed E-state index contributed by atoms with van der Waals surface area (Å²) in [5, 5.41) is 5.50. The Labute approximate surface area is 138 Å². The SMILES string of the molecule is CCN(C(=O)CNC(=O)NC1CCCCC1)C1CCS(=O)(=O)C1. The smallest absolute Gasteiger partial charge is 0.315 e. The Bertz CT molecular complexity index is 529. The van der Waals surface area contributed by atoms with Gasteiger partial charge in [0, 0.05) is 18.6 Å². The minimum Gasteiger partial charge on any atom is -0.337 e. The van der Waals surface area contributed by atoms with Crippen LogP contribution in [0.5, 0.6) is 0 Å². The molecule has 0 aromatic rings. The van der Waals surface area contributed by atoms with Gasteiger partial charge < -0.3 is 15.5 Å². The van der Waals surface area contributed by atoms with Crippen LogP contribution in [0.15, 0.2) is 0 Å². The molecule has 2 fully saturated rings. The first kappa shape index (κ1) is 18.0. The quantitative estimate of drug-likeness (QED) is 0.765. The van der Waals surface area contributed by atoms with Gasteiger partial charge in [-0.05, 0) is 26.2 Å². The fourth-order valence-corrected chi connectivity index (χ4v) is 5.13. The Morgan fingerprint density at radius 3 is 2.39 bits per heavy atom. The van der Waals surface area contributed by atoms with Crippen molar-refractivity contribution < 1.29 is 18.0 Å². The summed E-state index contributed by atoms with van der Waals surface area (Å²) >= 11 is 0. The number of nitrogens with one attached hydrogen (secondary N) is 2. The molecule has 0 aromatic heterocycles. The summed E-state index contributed by atoms with van der Waals surface area (Å²) in [4.78, 5) is 25.7. The Morgan fingerprint density at radius 1 is 1.13 bits per heavy atom. The third kappa shape index (κ3) is 5.37. The van der Waals surface area contributed by atoms with Gasteiger partial charge in [-0.2, -0.15) is 0 Å². The highest BCUT2D eigenvalue weighted by Crippen LogP contribution is 2.18. The van der Waals surface area contributed by atoms with Crippen molar-refractivity contribution in [3.05, 3.63) is 0 Å². The monoisotopic (exact) mass is 345 g/mol. The summed E-state index contributed by atoms with van der Waals surface area (Å²) in [5.41, 5.74) is 0. The molecule has 23 heavy (non-hydrogen) atoms. The van der Waals surface area contributed by atoms with Gasteiger partial charge in [0.2, 0.25) is 5.91 Å². The van der Waals surface area contributed by atoms with E-state index in [0.29, 0.717) is 13.0 Å². The van der Waals surface area contributed by atoms with E-state index >= 15 is 0 Å². The minimum absolute atomic E-state index is 0.0286. The van der Waals surface area contributed by atoms with E-state index in [1.165, 1.54) is 6.42 Å². The molecule has 0 radical (unpaired) electrons. The van der Waals surface area contributed by atoms with E-state index in [2.05, 4.69) is 10.6 Å². The lowest BCUT2D eigenvalue weighted by molar-refractivity contribution is -0.131. The zero-order valence-electron chi connectivity index (χ0n) is 13.7. The van der Waals surface area contributed by atoms with E-state index in [1.54, 1.807) is 4.90 Å². The molecule has 0 spiro atoms. The minimum atomic E-state index is -3.03. The van der Waals surface area contributed by atoms with Crippen LogP contribution in [0, 0.1) is 0 Å². The van der Waals surface area contributed by atoms with E-state index in [-0.39, 0.29) is 42.1 Å². The predicted molar refractivity (Wildman–Crippen MR) is 87.9 cm³/mol. The number of hydrogen-bond donors (Lipinski definition) is 2. The number of carbonyl (C=O) groups excluding carboxylic acids is 2. The first-order valence-electron chi connectivity index (χ1n) is 8.45. The normalized spacial score (nSPS) is 24.1. The highest BCUT2D eigenvalue weighted by molar-refractivity contribution is 7.91. The van der Waals surface area contributed by atoms with Crippen molar-refractivity contribution in [2.75, 3.05) is 24.6 Å². The third-order valence-corrected chi connectivity index (χ3v) is 6.40. The van der Waals surface area contributed by atoms with Crippen LogP contribution < -0.4 is 10.6 Å². The van der Waals surface area contributed by atoms with Crippen molar-refractivity contribution in [1.82, 2.24) is 15.5 Å². The van der Waals surface area contributed by atoms with Gasteiger partial charge in [0.1, 0.15) is 0 Å². The van der Waals surface area contributed by atoms with Gasteiger partial charge in [-0.25, -0.2) is 13.2 Å². The Kier molecular flexibility index (Phi) is 6.26. The van der Waals surface area contributed by atoms with E-state index in [1.807, 2.05) is 6.92 Å². The van der Waals surface area contributed by atoms with Crippen molar-refractivity contribution in [2.24, 2.45) is 0 Å². The largest absolute Gasteiger partial charge is 0.337 e. The molecule has 1 heterocycles. The third-order valence-electron chi connectivity index (χ3n) is 4.65. The fraction of sp³-hybridized carbons (Fsp3) is 0.867. The summed E-state index contributed by atoms with van der Waals surface area (Å²) in [6, 6.07) is -0.387. The first-order valence-corrected chi connectivity index (χ1v) is 10.3. The maximum absolute atomic E-state index is 12.3.